The molecule has 0 spiro atoms. The Morgan fingerprint density at radius 1 is 1.58 bits per heavy atom. The molecule has 1 nitrogen and oxygen atoms in total. The minimum atomic E-state index is 0.662. The molecule has 2 heteroatoms. The van der Waals surface area contributed by atoms with Crippen LogP contribution in [0, 0.1) is 5.41 Å². The molecule has 0 N–H and O–H groups in total. The maximum atomic E-state index is 5.10. The van der Waals surface area contributed by atoms with Gasteiger partial charge in [-0.3, -0.25) is 0 Å². The second kappa shape index (κ2) is 4.80. The van der Waals surface area contributed by atoms with Crippen molar-refractivity contribution in [3.8, 4) is 0 Å². The van der Waals surface area contributed by atoms with Crippen LogP contribution in [0.3, 0.4) is 0 Å². The van der Waals surface area contributed by atoms with Crippen LogP contribution in [0.5, 0.6) is 0 Å². The quantitative estimate of drug-likeness (QED) is 0.466. The number of rotatable bonds is 6. The van der Waals surface area contributed by atoms with E-state index in [9.17, 15) is 0 Å². The van der Waals surface area contributed by atoms with Crippen LogP contribution in [0.25, 0.3) is 0 Å². The van der Waals surface area contributed by atoms with Gasteiger partial charge in [-0.1, -0.05) is 13.5 Å². The van der Waals surface area contributed by atoms with E-state index in [0.29, 0.717) is 5.41 Å². The van der Waals surface area contributed by atoms with Gasteiger partial charge in [-0.15, -0.1) is 0 Å². The monoisotopic (exact) mass is 186 g/mol. The summed E-state index contributed by atoms with van der Waals surface area (Å²) in [4.78, 5) is 0. The first-order valence-electron chi connectivity index (χ1n) is 4.63. The first-order chi connectivity index (χ1) is 5.83. The first kappa shape index (κ1) is 9.97. The fraction of sp³-hybridized carbons (Fsp3) is 0.800. The summed E-state index contributed by atoms with van der Waals surface area (Å²) in [6, 6.07) is 0. The van der Waals surface area contributed by atoms with E-state index in [0.717, 1.165) is 6.61 Å². The van der Waals surface area contributed by atoms with Crippen molar-refractivity contribution in [1.82, 2.24) is 0 Å². The van der Waals surface area contributed by atoms with Crippen LogP contribution in [0.1, 0.15) is 26.2 Å². The smallest absolute Gasteiger partial charge is 0.0873 e. The Hall–Kier alpha value is -0.110. The summed E-state index contributed by atoms with van der Waals surface area (Å²) < 4.78 is 5.10. The molecule has 70 valence electrons. The Labute approximate surface area is 79.6 Å². The molecule has 12 heavy (non-hydrogen) atoms. The molecule has 1 rings (SSSR count). The number of hydrogen-bond donors (Lipinski definition) is 0. The third-order valence-electron chi connectivity index (χ3n) is 2.65. The zero-order valence-corrected chi connectivity index (χ0v) is 8.66. The van der Waals surface area contributed by atoms with Gasteiger partial charge in [0.15, 0.2) is 0 Å². The van der Waals surface area contributed by atoms with Gasteiger partial charge in [0, 0.05) is 0 Å². The first-order valence-corrected chi connectivity index (χ1v) is 5.79. The Bertz CT molecular complexity index is 135. The Morgan fingerprint density at radius 2 is 2.33 bits per heavy atom. The summed E-state index contributed by atoms with van der Waals surface area (Å²) in [5.41, 5.74) is 0.662. The molecule has 1 fully saturated rings. The predicted molar refractivity (Wildman–Crippen MR) is 55.4 cm³/mol. The third kappa shape index (κ3) is 2.44. The molecule has 1 heterocycles. The highest BCUT2D eigenvalue weighted by Crippen LogP contribution is 2.44. The summed E-state index contributed by atoms with van der Waals surface area (Å²) >= 11 is 2.07. The lowest BCUT2D eigenvalue weighted by Gasteiger charge is -2.40. The summed E-state index contributed by atoms with van der Waals surface area (Å²) in [6.07, 6.45) is 5.37. The van der Waals surface area contributed by atoms with Gasteiger partial charge in [0.25, 0.3) is 0 Å². The molecule has 0 aromatic heterocycles. The molecule has 0 aromatic carbocycles. The van der Waals surface area contributed by atoms with Crippen molar-refractivity contribution in [3.63, 3.8) is 0 Å². The topological polar surface area (TPSA) is 9.23 Å². The van der Waals surface area contributed by atoms with Crippen LogP contribution in [-0.4, -0.2) is 18.1 Å². The highest BCUT2D eigenvalue weighted by atomic mass is 32.2. The van der Waals surface area contributed by atoms with Crippen molar-refractivity contribution >= 4 is 11.8 Å². The summed E-state index contributed by atoms with van der Waals surface area (Å²) in [7, 11) is 0. The van der Waals surface area contributed by atoms with Gasteiger partial charge in [-0.05, 0) is 36.2 Å². The molecule has 1 saturated heterocycles. The van der Waals surface area contributed by atoms with E-state index < -0.39 is 0 Å². The third-order valence-corrected chi connectivity index (χ3v) is 4.29. The minimum Gasteiger partial charge on any atom is -0.502 e. The average Bonchev–Trinajstić information content (AvgIpc) is 2.02. The van der Waals surface area contributed by atoms with E-state index in [1.807, 2.05) is 0 Å². The maximum absolute atomic E-state index is 5.10. The number of hydrogen-bond acceptors (Lipinski definition) is 2. The van der Waals surface area contributed by atoms with Crippen molar-refractivity contribution in [2.45, 2.75) is 26.2 Å². The fourth-order valence-electron chi connectivity index (χ4n) is 1.53. The summed E-state index contributed by atoms with van der Waals surface area (Å²) in [6.45, 7) is 6.67. The number of ether oxygens (including phenoxy) is 1. The standard InChI is InChI=1S/C10H18OS/c1-3-10(8-12-9-10)6-5-7-11-4-2/h4H,2-3,5-9H2,1H3. The van der Waals surface area contributed by atoms with Crippen molar-refractivity contribution in [2.24, 2.45) is 5.41 Å². The summed E-state index contributed by atoms with van der Waals surface area (Å²) in [5.74, 6) is 2.72. The van der Waals surface area contributed by atoms with Crippen LogP contribution >= 0.6 is 11.8 Å². The summed E-state index contributed by atoms with van der Waals surface area (Å²) in [5, 5.41) is 0. The second-order valence-corrected chi connectivity index (χ2v) is 4.47. The molecule has 0 aromatic rings. The van der Waals surface area contributed by atoms with Gasteiger partial charge in [0.2, 0.25) is 0 Å². The van der Waals surface area contributed by atoms with Gasteiger partial charge in [-0.25, -0.2) is 0 Å². The van der Waals surface area contributed by atoms with Crippen molar-refractivity contribution in [3.05, 3.63) is 12.8 Å². The van der Waals surface area contributed by atoms with Gasteiger partial charge < -0.3 is 4.74 Å². The molecule has 0 radical (unpaired) electrons. The lowest BCUT2D eigenvalue weighted by Crippen LogP contribution is -2.34. The van der Waals surface area contributed by atoms with Crippen molar-refractivity contribution in [1.29, 1.82) is 0 Å². The van der Waals surface area contributed by atoms with E-state index in [4.69, 9.17) is 4.74 Å². The maximum Gasteiger partial charge on any atom is 0.0873 e. The van der Waals surface area contributed by atoms with Crippen LogP contribution in [-0.2, 0) is 4.74 Å². The fourth-order valence-corrected chi connectivity index (χ4v) is 3.01. The molecule has 1 aliphatic rings. The van der Waals surface area contributed by atoms with E-state index in [2.05, 4.69) is 25.3 Å². The van der Waals surface area contributed by atoms with Gasteiger partial charge in [-0.2, -0.15) is 11.8 Å². The predicted octanol–water partition coefficient (Wildman–Crippen LogP) is 3.07. The van der Waals surface area contributed by atoms with Crippen LogP contribution < -0.4 is 0 Å². The normalized spacial score (nSPS) is 19.8. The second-order valence-electron chi connectivity index (χ2n) is 3.49. The Morgan fingerprint density at radius 3 is 2.75 bits per heavy atom. The lowest BCUT2D eigenvalue weighted by atomic mass is 9.84. The van der Waals surface area contributed by atoms with Gasteiger partial charge in [0.1, 0.15) is 0 Å². The molecule has 1 aliphatic heterocycles. The highest BCUT2D eigenvalue weighted by Gasteiger charge is 2.34. The molecular weight excluding hydrogens is 168 g/mol. The molecule has 0 unspecified atom stereocenters. The molecule has 0 amide bonds. The zero-order valence-electron chi connectivity index (χ0n) is 7.84. The molecule has 0 atom stereocenters. The molecule has 0 saturated carbocycles. The van der Waals surface area contributed by atoms with E-state index in [-0.39, 0.29) is 0 Å². The molecule has 0 aliphatic carbocycles. The van der Waals surface area contributed by atoms with E-state index in [1.165, 1.54) is 37.0 Å². The van der Waals surface area contributed by atoms with Crippen LogP contribution in [0.2, 0.25) is 0 Å². The SMILES string of the molecule is C=COCCCC1(CC)CSC1. The minimum absolute atomic E-state index is 0.662. The lowest BCUT2D eigenvalue weighted by molar-refractivity contribution is 0.211. The molecular formula is C10H18OS. The molecule has 0 bridgehead atoms. The average molecular weight is 186 g/mol. The van der Waals surface area contributed by atoms with Gasteiger partial charge in [0.05, 0.1) is 12.9 Å². The van der Waals surface area contributed by atoms with E-state index in [1.54, 1.807) is 0 Å². The van der Waals surface area contributed by atoms with Crippen molar-refractivity contribution in [2.75, 3.05) is 18.1 Å². The van der Waals surface area contributed by atoms with Crippen LogP contribution in [0.4, 0.5) is 0 Å². The largest absolute Gasteiger partial charge is 0.502 e. The van der Waals surface area contributed by atoms with E-state index >= 15 is 0 Å². The Balaban J connectivity index is 2.07. The van der Waals surface area contributed by atoms with Crippen molar-refractivity contribution < 1.29 is 4.74 Å². The highest BCUT2D eigenvalue weighted by molar-refractivity contribution is 8.00. The van der Waals surface area contributed by atoms with Gasteiger partial charge >= 0.3 is 0 Å². The Kier molecular flexibility index (Phi) is 3.99. The number of thioether (sulfide) groups is 1. The zero-order chi connectivity index (χ0) is 8.86. The van der Waals surface area contributed by atoms with Crippen LogP contribution in [0.15, 0.2) is 12.8 Å².